The monoisotopic (exact) mass is 351 g/mol. The smallest absolute Gasteiger partial charge is 0.260 e. The van der Waals surface area contributed by atoms with Crippen molar-refractivity contribution in [2.45, 2.75) is 49.5 Å². The summed E-state index contributed by atoms with van der Waals surface area (Å²) >= 11 is 0. The molecule has 0 spiro atoms. The molecule has 5 nitrogen and oxygen atoms in total. The molecule has 1 amide bonds. The normalized spacial score (nSPS) is 19.8. The van der Waals surface area contributed by atoms with Gasteiger partial charge in [0.15, 0.2) is 16.4 Å². The summed E-state index contributed by atoms with van der Waals surface area (Å²) in [5, 5.41) is -0.582. The zero-order valence-electron chi connectivity index (χ0n) is 14.1. The van der Waals surface area contributed by atoms with E-state index in [1.165, 1.54) is 0 Å². The molecule has 1 saturated heterocycles. The number of likely N-dealkylation sites (tertiary alicyclic amines) is 1. The Morgan fingerprint density at radius 2 is 1.71 bits per heavy atom. The highest BCUT2D eigenvalue weighted by molar-refractivity contribution is 7.92. The van der Waals surface area contributed by atoms with Gasteiger partial charge in [0.25, 0.3) is 5.91 Å². The average Bonchev–Trinajstić information content (AvgIpc) is 2.53. The van der Waals surface area contributed by atoms with Crippen LogP contribution >= 0.6 is 0 Å². The number of amides is 1. The van der Waals surface area contributed by atoms with Gasteiger partial charge in [-0.3, -0.25) is 4.79 Å². The summed E-state index contributed by atoms with van der Waals surface area (Å²) < 4.78 is 30.6. The van der Waals surface area contributed by atoms with Gasteiger partial charge in [-0.05, 0) is 31.9 Å². The topological polar surface area (TPSA) is 63.7 Å². The van der Waals surface area contributed by atoms with Gasteiger partial charge in [-0.1, -0.05) is 37.0 Å². The van der Waals surface area contributed by atoms with Gasteiger partial charge in [0.05, 0.1) is 10.5 Å². The van der Waals surface area contributed by atoms with Crippen molar-refractivity contribution in [3.05, 3.63) is 29.8 Å². The van der Waals surface area contributed by atoms with Crippen molar-refractivity contribution >= 4 is 15.7 Å². The third kappa shape index (κ3) is 3.74. The maximum absolute atomic E-state index is 12.6. The fourth-order valence-corrected chi connectivity index (χ4v) is 5.70. The number of hydrogen-bond donors (Lipinski definition) is 0. The lowest BCUT2D eigenvalue weighted by atomic mass is 10.0. The largest absolute Gasteiger partial charge is 0.484 e. The second-order valence-electron chi connectivity index (χ2n) is 6.87. The van der Waals surface area contributed by atoms with Crippen molar-refractivity contribution in [2.75, 3.05) is 19.7 Å². The van der Waals surface area contributed by atoms with Gasteiger partial charge in [-0.2, -0.15) is 0 Å². The minimum atomic E-state index is -3.10. The van der Waals surface area contributed by atoms with E-state index in [0.29, 0.717) is 18.8 Å². The Morgan fingerprint density at radius 1 is 1.08 bits per heavy atom. The second-order valence-corrected chi connectivity index (χ2v) is 9.38. The Kier molecular flexibility index (Phi) is 5.13. The molecule has 0 atom stereocenters. The number of carbonyl (C=O) groups excluding carboxylic acids is 1. The SMILES string of the molecule is Cc1ccc(OCC(=O)N2CC(S(=O)(=O)C3CCCCC3)C2)cc1. The third-order valence-electron chi connectivity index (χ3n) is 5.07. The molecule has 2 fully saturated rings. The molecule has 132 valence electrons. The van der Waals surface area contributed by atoms with E-state index in [0.717, 1.165) is 37.7 Å². The number of nitrogens with zero attached hydrogens (tertiary/aromatic N) is 1. The van der Waals surface area contributed by atoms with Crippen molar-refractivity contribution < 1.29 is 17.9 Å². The first-order valence-electron chi connectivity index (χ1n) is 8.67. The summed E-state index contributed by atoms with van der Waals surface area (Å²) in [5.41, 5.74) is 1.13. The Balaban J connectivity index is 1.47. The molecule has 0 aromatic heterocycles. The second kappa shape index (κ2) is 7.13. The highest BCUT2D eigenvalue weighted by Gasteiger charge is 2.43. The molecule has 0 N–H and O–H groups in total. The fourth-order valence-electron chi connectivity index (χ4n) is 3.39. The number of benzene rings is 1. The standard InChI is InChI=1S/C18H25NO4S/c1-14-7-9-15(10-8-14)23-13-18(20)19-11-17(12-19)24(21,22)16-5-3-2-4-6-16/h7-10,16-17H,2-6,11-13H2,1H3. The van der Waals surface area contributed by atoms with Crippen molar-refractivity contribution in [2.24, 2.45) is 0 Å². The van der Waals surface area contributed by atoms with Gasteiger partial charge < -0.3 is 9.64 Å². The lowest BCUT2D eigenvalue weighted by Gasteiger charge is -2.40. The predicted octanol–water partition coefficient (Wildman–Crippen LogP) is 2.33. The van der Waals surface area contributed by atoms with E-state index in [9.17, 15) is 13.2 Å². The number of ether oxygens (including phenoxy) is 1. The van der Waals surface area contributed by atoms with Crippen molar-refractivity contribution in [1.82, 2.24) is 4.90 Å². The molecule has 1 aromatic rings. The molecule has 1 aromatic carbocycles. The first-order chi connectivity index (χ1) is 11.5. The van der Waals surface area contributed by atoms with Crippen molar-refractivity contribution in [3.63, 3.8) is 0 Å². The Morgan fingerprint density at radius 3 is 2.33 bits per heavy atom. The molecule has 2 aliphatic rings. The lowest BCUT2D eigenvalue weighted by molar-refractivity contribution is -0.136. The summed E-state index contributed by atoms with van der Waals surface area (Å²) in [5.74, 6) is 0.506. The maximum atomic E-state index is 12.6. The summed E-state index contributed by atoms with van der Waals surface area (Å²) in [4.78, 5) is 13.7. The van der Waals surface area contributed by atoms with Crippen molar-refractivity contribution in [1.29, 1.82) is 0 Å². The minimum Gasteiger partial charge on any atom is -0.484 e. The first kappa shape index (κ1) is 17.3. The van der Waals surface area contributed by atoms with Gasteiger partial charge in [0, 0.05) is 13.1 Å². The van der Waals surface area contributed by atoms with Crippen LogP contribution in [-0.2, 0) is 14.6 Å². The number of aryl methyl sites for hydroxylation is 1. The summed E-state index contributed by atoms with van der Waals surface area (Å²) in [6, 6.07) is 7.51. The number of sulfone groups is 1. The van der Waals surface area contributed by atoms with E-state index >= 15 is 0 Å². The molecule has 1 aliphatic carbocycles. The first-order valence-corrected chi connectivity index (χ1v) is 10.3. The van der Waals surface area contributed by atoms with Gasteiger partial charge in [0.2, 0.25) is 0 Å². The van der Waals surface area contributed by atoms with Gasteiger partial charge in [0.1, 0.15) is 5.75 Å². The van der Waals surface area contributed by atoms with E-state index in [2.05, 4.69) is 0 Å². The number of rotatable bonds is 5. The fraction of sp³-hybridized carbons (Fsp3) is 0.611. The molecule has 24 heavy (non-hydrogen) atoms. The van der Waals surface area contributed by atoms with E-state index < -0.39 is 9.84 Å². The Bertz CT molecular complexity index is 671. The maximum Gasteiger partial charge on any atom is 0.260 e. The summed E-state index contributed by atoms with van der Waals surface area (Å²) in [6.07, 6.45) is 4.71. The third-order valence-corrected chi connectivity index (χ3v) is 7.69. The van der Waals surface area contributed by atoms with Gasteiger partial charge in [-0.15, -0.1) is 0 Å². The Hall–Kier alpha value is -1.56. The number of hydrogen-bond acceptors (Lipinski definition) is 4. The van der Waals surface area contributed by atoms with E-state index in [4.69, 9.17) is 4.74 Å². The highest BCUT2D eigenvalue weighted by atomic mass is 32.2. The van der Waals surface area contributed by atoms with Crippen LogP contribution in [0.2, 0.25) is 0 Å². The average molecular weight is 351 g/mol. The van der Waals surface area contributed by atoms with Gasteiger partial charge >= 0.3 is 0 Å². The lowest BCUT2D eigenvalue weighted by Crippen LogP contribution is -2.59. The van der Waals surface area contributed by atoms with E-state index in [1.54, 1.807) is 4.90 Å². The zero-order valence-corrected chi connectivity index (χ0v) is 14.9. The van der Waals surface area contributed by atoms with Crippen LogP contribution in [-0.4, -0.2) is 49.4 Å². The van der Waals surface area contributed by atoms with Crippen molar-refractivity contribution in [3.8, 4) is 5.75 Å². The van der Waals surface area contributed by atoms with Crippen LogP contribution in [0.3, 0.4) is 0 Å². The quantitative estimate of drug-likeness (QED) is 0.817. The van der Waals surface area contributed by atoms with Crippen LogP contribution in [0.15, 0.2) is 24.3 Å². The van der Waals surface area contributed by atoms with Gasteiger partial charge in [-0.25, -0.2) is 8.42 Å². The van der Waals surface area contributed by atoms with Crippen LogP contribution in [0.25, 0.3) is 0 Å². The number of carbonyl (C=O) groups is 1. The molecule has 1 heterocycles. The van der Waals surface area contributed by atoms with E-state index in [-0.39, 0.29) is 23.0 Å². The minimum absolute atomic E-state index is 0.0424. The van der Waals surface area contributed by atoms with E-state index in [1.807, 2.05) is 31.2 Å². The molecular formula is C18H25NO4S. The highest BCUT2D eigenvalue weighted by Crippen LogP contribution is 2.29. The molecule has 0 radical (unpaired) electrons. The van der Waals surface area contributed by atoms with Crippen LogP contribution < -0.4 is 4.74 Å². The predicted molar refractivity (Wildman–Crippen MR) is 92.8 cm³/mol. The molecule has 1 saturated carbocycles. The van der Waals surface area contributed by atoms with Crippen LogP contribution in [0.4, 0.5) is 0 Å². The molecule has 0 bridgehead atoms. The van der Waals surface area contributed by atoms with Crippen LogP contribution in [0.5, 0.6) is 5.75 Å². The van der Waals surface area contributed by atoms with Crippen LogP contribution in [0.1, 0.15) is 37.7 Å². The summed E-state index contributed by atoms with van der Waals surface area (Å²) in [6.45, 7) is 2.57. The molecule has 1 aliphatic heterocycles. The molecule has 6 heteroatoms. The zero-order chi connectivity index (χ0) is 17.2. The Labute approximate surface area is 143 Å². The molecule has 0 unspecified atom stereocenters. The molecular weight excluding hydrogens is 326 g/mol. The van der Waals surface area contributed by atoms with Crippen LogP contribution in [0, 0.1) is 6.92 Å². The molecule has 3 rings (SSSR count). The summed E-state index contributed by atoms with van der Waals surface area (Å²) in [7, 11) is -3.10.